The van der Waals surface area contributed by atoms with Crippen molar-refractivity contribution in [3.8, 4) is 5.69 Å². The van der Waals surface area contributed by atoms with Crippen LogP contribution in [0.25, 0.3) is 16.7 Å². The van der Waals surface area contributed by atoms with E-state index in [0.717, 1.165) is 26.9 Å². The van der Waals surface area contributed by atoms with Gasteiger partial charge in [0.05, 0.1) is 27.7 Å². The van der Waals surface area contributed by atoms with Crippen LogP contribution in [0.5, 0.6) is 0 Å². The summed E-state index contributed by atoms with van der Waals surface area (Å²) >= 11 is 3.57. The van der Waals surface area contributed by atoms with Crippen LogP contribution in [0.4, 0.5) is 0 Å². The van der Waals surface area contributed by atoms with Crippen LogP contribution < -0.4 is 5.73 Å². The zero-order chi connectivity index (χ0) is 12.5. The molecule has 0 radical (unpaired) electrons. The second kappa shape index (κ2) is 4.47. The Balaban J connectivity index is 2.27. The summed E-state index contributed by atoms with van der Waals surface area (Å²) in [4.78, 5) is 12.7. The van der Waals surface area contributed by atoms with Crippen LogP contribution in [0.3, 0.4) is 0 Å². The van der Waals surface area contributed by atoms with Crippen LogP contribution in [0.2, 0.25) is 0 Å². The Kier molecular flexibility index (Phi) is 2.81. The van der Waals surface area contributed by atoms with Crippen molar-refractivity contribution < 1.29 is 0 Å². The fraction of sp³-hybridized carbons (Fsp3) is 0.0833. The van der Waals surface area contributed by atoms with E-state index in [4.69, 9.17) is 5.73 Å². The van der Waals surface area contributed by atoms with E-state index in [1.165, 1.54) is 0 Å². The third-order valence-electron chi connectivity index (χ3n) is 2.74. The first-order chi connectivity index (χ1) is 8.81. The highest BCUT2D eigenvalue weighted by molar-refractivity contribution is 9.10. The average Bonchev–Trinajstić information content (AvgIpc) is 2.88. The Bertz CT molecular complexity index is 707. The third kappa shape index (κ3) is 1.70. The number of hydrogen-bond acceptors (Lipinski definition) is 4. The molecule has 0 bridgehead atoms. The van der Waals surface area contributed by atoms with Crippen LogP contribution >= 0.6 is 15.9 Å². The van der Waals surface area contributed by atoms with Gasteiger partial charge >= 0.3 is 0 Å². The van der Waals surface area contributed by atoms with Crippen molar-refractivity contribution in [1.82, 2.24) is 19.5 Å². The summed E-state index contributed by atoms with van der Waals surface area (Å²) in [6, 6.07) is 3.91. The minimum atomic E-state index is 0.435. The summed E-state index contributed by atoms with van der Waals surface area (Å²) in [5.41, 5.74) is 9.27. The topological polar surface area (TPSA) is 69.6 Å². The first kappa shape index (κ1) is 11.3. The molecule has 0 saturated carbocycles. The Labute approximate surface area is 112 Å². The number of halogens is 1. The van der Waals surface area contributed by atoms with Crippen LogP contribution in [0, 0.1) is 0 Å². The molecule has 18 heavy (non-hydrogen) atoms. The minimum absolute atomic E-state index is 0.435. The maximum atomic E-state index is 5.69. The summed E-state index contributed by atoms with van der Waals surface area (Å²) in [6.45, 7) is 0.435. The van der Waals surface area contributed by atoms with Gasteiger partial charge in [-0.2, -0.15) is 0 Å². The molecule has 2 aromatic heterocycles. The van der Waals surface area contributed by atoms with Crippen molar-refractivity contribution in [2.75, 3.05) is 0 Å². The van der Waals surface area contributed by atoms with Crippen LogP contribution in [-0.2, 0) is 6.54 Å². The summed E-state index contributed by atoms with van der Waals surface area (Å²) in [5, 5.41) is 0. The van der Waals surface area contributed by atoms with Crippen LogP contribution in [0.1, 0.15) is 5.69 Å². The molecule has 3 aromatic rings. The highest BCUT2D eigenvalue weighted by atomic mass is 79.9. The lowest BCUT2D eigenvalue weighted by Crippen LogP contribution is -2.05. The first-order valence-corrected chi connectivity index (χ1v) is 6.21. The highest BCUT2D eigenvalue weighted by Crippen LogP contribution is 2.28. The molecule has 0 saturated heterocycles. The van der Waals surface area contributed by atoms with E-state index in [-0.39, 0.29) is 0 Å². The first-order valence-electron chi connectivity index (χ1n) is 5.42. The lowest BCUT2D eigenvalue weighted by Gasteiger charge is -2.10. The summed E-state index contributed by atoms with van der Waals surface area (Å²) in [6.07, 6.45) is 6.85. The molecule has 0 amide bonds. The highest BCUT2D eigenvalue weighted by Gasteiger charge is 2.10. The maximum Gasteiger partial charge on any atom is 0.105 e. The van der Waals surface area contributed by atoms with Gasteiger partial charge in [-0.1, -0.05) is 0 Å². The standard InChI is InChI=1S/C12H10BrN5/c13-11-10(18-7-15-6-8(18)5-14)2-1-9-12(11)17-4-3-16-9/h1-4,6-7H,5,14H2. The van der Waals surface area contributed by atoms with Gasteiger partial charge in [0.2, 0.25) is 0 Å². The molecule has 0 fully saturated rings. The van der Waals surface area contributed by atoms with Crippen molar-refractivity contribution in [3.63, 3.8) is 0 Å². The van der Waals surface area contributed by atoms with Crippen molar-refractivity contribution >= 4 is 27.0 Å². The van der Waals surface area contributed by atoms with Crippen molar-refractivity contribution in [2.24, 2.45) is 5.73 Å². The van der Waals surface area contributed by atoms with Gasteiger partial charge < -0.3 is 10.3 Å². The molecule has 2 N–H and O–H groups in total. The smallest absolute Gasteiger partial charge is 0.105 e. The Morgan fingerprint density at radius 1 is 1.22 bits per heavy atom. The number of nitrogens with zero attached hydrogens (tertiary/aromatic N) is 4. The van der Waals surface area contributed by atoms with Gasteiger partial charge in [0.1, 0.15) is 5.52 Å². The van der Waals surface area contributed by atoms with Gasteiger partial charge in [0, 0.05) is 25.1 Å². The molecule has 1 aromatic carbocycles. The molecule has 6 heteroatoms. The zero-order valence-electron chi connectivity index (χ0n) is 9.42. The molecule has 3 rings (SSSR count). The number of imidazole rings is 1. The Hall–Kier alpha value is -1.79. The second-order valence-corrected chi connectivity index (χ2v) is 4.57. The monoisotopic (exact) mass is 303 g/mol. The van der Waals surface area contributed by atoms with Crippen molar-refractivity contribution in [1.29, 1.82) is 0 Å². The fourth-order valence-electron chi connectivity index (χ4n) is 1.87. The molecule has 0 aliphatic rings. The molecule has 0 atom stereocenters. The number of benzene rings is 1. The lowest BCUT2D eigenvalue weighted by molar-refractivity contribution is 0.907. The van der Waals surface area contributed by atoms with Gasteiger partial charge in [-0.05, 0) is 28.1 Å². The Morgan fingerprint density at radius 2 is 2.06 bits per heavy atom. The van der Waals surface area contributed by atoms with E-state index < -0.39 is 0 Å². The number of hydrogen-bond donors (Lipinski definition) is 1. The quantitative estimate of drug-likeness (QED) is 0.786. The molecule has 90 valence electrons. The van der Waals surface area contributed by atoms with Gasteiger partial charge in [0.15, 0.2) is 0 Å². The number of fused-ring (bicyclic) bond motifs is 1. The van der Waals surface area contributed by atoms with Crippen LogP contribution in [0.15, 0.2) is 41.5 Å². The van der Waals surface area contributed by atoms with Crippen molar-refractivity contribution in [2.45, 2.75) is 6.54 Å². The molecule has 0 aliphatic carbocycles. The van der Waals surface area contributed by atoms with E-state index in [1.807, 2.05) is 16.7 Å². The molecule has 0 spiro atoms. The van der Waals surface area contributed by atoms with Gasteiger partial charge in [0.25, 0.3) is 0 Å². The minimum Gasteiger partial charge on any atom is -0.325 e. The largest absolute Gasteiger partial charge is 0.325 e. The number of rotatable bonds is 2. The van der Waals surface area contributed by atoms with E-state index in [2.05, 4.69) is 30.9 Å². The van der Waals surface area contributed by atoms with Gasteiger partial charge in [-0.3, -0.25) is 9.97 Å². The third-order valence-corrected chi connectivity index (χ3v) is 3.52. The molecule has 0 unspecified atom stereocenters. The van der Waals surface area contributed by atoms with E-state index in [1.54, 1.807) is 24.9 Å². The van der Waals surface area contributed by atoms with Gasteiger partial charge in [-0.25, -0.2) is 4.98 Å². The normalized spacial score (nSPS) is 11.0. The predicted octanol–water partition coefficient (Wildman–Crippen LogP) is 2.04. The summed E-state index contributed by atoms with van der Waals surface area (Å²) < 4.78 is 2.83. The fourth-order valence-corrected chi connectivity index (χ4v) is 2.50. The average molecular weight is 304 g/mol. The van der Waals surface area contributed by atoms with Gasteiger partial charge in [-0.15, -0.1) is 0 Å². The van der Waals surface area contributed by atoms with Crippen LogP contribution in [-0.4, -0.2) is 19.5 Å². The maximum absolute atomic E-state index is 5.69. The molecule has 0 aliphatic heterocycles. The molecular formula is C12H10BrN5. The number of aromatic nitrogens is 4. The Morgan fingerprint density at radius 3 is 2.89 bits per heavy atom. The van der Waals surface area contributed by atoms with E-state index >= 15 is 0 Å². The molecular weight excluding hydrogens is 294 g/mol. The van der Waals surface area contributed by atoms with Crippen molar-refractivity contribution in [3.05, 3.63) is 47.2 Å². The second-order valence-electron chi connectivity index (χ2n) is 3.78. The zero-order valence-corrected chi connectivity index (χ0v) is 11.0. The molecule has 2 heterocycles. The SMILES string of the molecule is NCc1cncn1-c1ccc2nccnc2c1Br. The predicted molar refractivity (Wildman–Crippen MR) is 72.3 cm³/mol. The molecule has 5 nitrogen and oxygen atoms in total. The van der Waals surface area contributed by atoms with E-state index in [0.29, 0.717) is 6.54 Å². The summed E-state index contributed by atoms with van der Waals surface area (Å²) in [7, 11) is 0. The summed E-state index contributed by atoms with van der Waals surface area (Å²) in [5.74, 6) is 0. The van der Waals surface area contributed by atoms with E-state index in [9.17, 15) is 0 Å². The lowest BCUT2D eigenvalue weighted by atomic mass is 10.2. The number of nitrogens with two attached hydrogens (primary N) is 1.